The van der Waals surface area contributed by atoms with Gasteiger partial charge in [-0.2, -0.15) is 0 Å². The van der Waals surface area contributed by atoms with Crippen LogP contribution in [0, 0.1) is 0 Å². The van der Waals surface area contributed by atoms with Crippen LogP contribution in [0.5, 0.6) is 0 Å². The first-order valence-electron chi connectivity index (χ1n) is 1.47. The Morgan fingerprint density at radius 1 is 0.750 bits per heavy atom. The summed E-state index contributed by atoms with van der Waals surface area (Å²) in [5, 5.41) is 14.0. The van der Waals surface area contributed by atoms with Crippen molar-refractivity contribution in [2.75, 3.05) is 14.2 Å². The van der Waals surface area contributed by atoms with Gasteiger partial charge in [0, 0.05) is 14.2 Å². The van der Waals surface area contributed by atoms with E-state index in [2.05, 4.69) is 0 Å². The van der Waals surface area contributed by atoms with E-state index < -0.39 is 0 Å². The molecule has 4 heteroatoms. The SMILES string of the molecule is C=O.C=O.CO.CO. The van der Waals surface area contributed by atoms with Crippen molar-refractivity contribution < 1.29 is 19.8 Å². The molecule has 0 bridgehead atoms. The third kappa shape index (κ3) is 174. The molecule has 0 rings (SSSR count). The number of hydrogen-bond acceptors (Lipinski definition) is 4. The Hall–Kier alpha value is -0.740. The molecule has 0 saturated carbocycles. The molecule has 0 aliphatic carbocycles. The van der Waals surface area contributed by atoms with Gasteiger partial charge in [-0.15, -0.1) is 0 Å². The van der Waals surface area contributed by atoms with Crippen LogP contribution in [0.3, 0.4) is 0 Å². The molecule has 0 saturated heterocycles. The Morgan fingerprint density at radius 2 is 0.750 bits per heavy atom. The lowest BCUT2D eigenvalue weighted by atomic mass is 11.8. The third-order valence-corrected chi connectivity index (χ3v) is 0. The van der Waals surface area contributed by atoms with Crippen molar-refractivity contribution in [1.29, 1.82) is 0 Å². The number of carbonyl (C=O) groups excluding carboxylic acids is 2. The van der Waals surface area contributed by atoms with Gasteiger partial charge in [-0.3, -0.25) is 0 Å². The molecule has 0 aliphatic rings. The van der Waals surface area contributed by atoms with Crippen LogP contribution in [0.4, 0.5) is 0 Å². The zero-order chi connectivity index (χ0) is 8.00. The van der Waals surface area contributed by atoms with Gasteiger partial charge in [0.25, 0.3) is 0 Å². The molecule has 2 N–H and O–H groups in total. The average Bonchev–Trinajstić information content (AvgIpc) is 2.03. The monoisotopic (exact) mass is 124 g/mol. The van der Waals surface area contributed by atoms with E-state index in [9.17, 15) is 0 Å². The van der Waals surface area contributed by atoms with Crippen LogP contribution in [-0.4, -0.2) is 38.0 Å². The summed E-state index contributed by atoms with van der Waals surface area (Å²) in [7, 11) is 2.00. The number of aliphatic hydroxyl groups excluding tert-OH is 2. The Balaban J connectivity index is -0.0000000133. The minimum absolute atomic E-state index is 1.00. The summed E-state index contributed by atoms with van der Waals surface area (Å²) in [6.45, 7) is 4.00. The third-order valence-electron chi connectivity index (χ3n) is 0. The minimum atomic E-state index is 1.00. The fraction of sp³-hybridized carbons (Fsp3) is 0.500. The first-order valence-corrected chi connectivity index (χ1v) is 1.47. The van der Waals surface area contributed by atoms with E-state index in [1.807, 2.05) is 13.6 Å². The van der Waals surface area contributed by atoms with E-state index in [0.29, 0.717) is 0 Å². The maximum absolute atomic E-state index is 8.00. The Bertz CT molecular complexity index is 10.0. The second kappa shape index (κ2) is 316. The molecule has 0 spiro atoms. The molecule has 8 heavy (non-hydrogen) atoms. The topological polar surface area (TPSA) is 74.6 Å². The first-order chi connectivity index (χ1) is 4.00. The Labute approximate surface area is 48.8 Å². The van der Waals surface area contributed by atoms with E-state index in [-0.39, 0.29) is 0 Å². The van der Waals surface area contributed by atoms with Gasteiger partial charge < -0.3 is 19.8 Å². The highest BCUT2D eigenvalue weighted by Gasteiger charge is 0.841. The highest BCUT2D eigenvalue weighted by Crippen LogP contribution is 0.757. The first kappa shape index (κ1) is 26.8. The summed E-state index contributed by atoms with van der Waals surface area (Å²) >= 11 is 0. The molecule has 0 aromatic carbocycles. The van der Waals surface area contributed by atoms with Crippen molar-refractivity contribution in [2.45, 2.75) is 0 Å². The molecule has 0 aliphatic heterocycles. The smallest absolute Gasteiger partial charge is 0.106 e. The molecule has 0 aromatic heterocycles. The summed E-state index contributed by atoms with van der Waals surface area (Å²) in [5.41, 5.74) is 0. The van der Waals surface area contributed by atoms with Gasteiger partial charge in [0.05, 0.1) is 0 Å². The lowest BCUT2D eigenvalue weighted by molar-refractivity contribution is -0.0987. The van der Waals surface area contributed by atoms with Crippen molar-refractivity contribution in [3.05, 3.63) is 0 Å². The predicted molar refractivity (Wildman–Crippen MR) is 30.5 cm³/mol. The number of rotatable bonds is 0. The second-order valence-corrected chi connectivity index (χ2v) is 0. The lowest BCUT2D eigenvalue weighted by Gasteiger charge is -1.21. The van der Waals surface area contributed by atoms with Crippen LogP contribution in [0.1, 0.15) is 0 Å². The molecule has 0 aromatic rings. The summed E-state index contributed by atoms with van der Waals surface area (Å²) in [6.07, 6.45) is 0. The molecule has 0 amide bonds. The summed E-state index contributed by atoms with van der Waals surface area (Å²) in [4.78, 5) is 16.0. The van der Waals surface area contributed by atoms with Crippen LogP contribution in [0.25, 0.3) is 0 Å². The number of aliphatic hydroxyl groups is 2. The standard InChI is InChI=1S/2CH4O.2CH2O/c4*1-2/h2*2H,1H3;2*1H2. The zero-order valence-electron chi connectivity index (χ0n) is 5.13. The molecular formula is C4H12O4. The van der Waals surface area contributed by atoms with Crippen LogP contribution in [0.15, 0.2) is 0 Å². The van der Waals surface area contributed by atoms with Crippen molar-refractivity contribution >= 4 is 13.6 Å². The highest BCUT2D eigenvalue weighted by molar-refractivity contribution is 5.11. The quantitative estimate of drug-likeness (QED) is 0.427. The van der Waals surface area contributed by atoms with Gasteiger partial charge in [-0.25, -0.2) is 0 Å². The summed E-state index contributed by atoms with van der Waals surface area (Å²) in [5.74, 6) is 0. The van der Waals surface area contributed by atoms with Gasteiger partial charge in [-0.1, -0.05) is 0 Å². The van der Waals surface area contributed by atoms with E-state index in [0.717, 1.165) is 14.2 Å². The molecule has 52 valence electrons. The molecule has 0 fully saturated rings. The second-order valence-electron chi connectivity index (χ2n) is 0. The van der Waals surface area contributed by atoms with Crippen LogP contribution >= 0.6 is 0 Å². The predicted octanol–water partition coefficient (Wildman–Crippen LogP) is -1.15. The molecular weight excluding hydrogens is 112 g/mol. The highest BCUT2D eigenvalue weighted by atomic mass is 16.2. The normalized spacial score (nSPS) is 2.50. The largest absolute Gasteiger partial charge is 0.400 e. The van der Waals surface area contributed by atoms with Gasteiger partial charge in [0.2, 0.25) is 0 Å². The van der Waals surface area contributed by atoms with Crippen LogP contribution < -0.4 is 0 Å². The van der Waals surface area contributed by atoms with Crippen molar-refractivity contribution in [3.63, 3.8) is 0 Å². The Morgan fingerprint density at radius 3 is 0.750 bits per heavy atom. The fourth-order valence-corrected chi connectivity index (χ4v) is 0. The van der Waals surface area contributed by atoms with Gasteiger partial charge in [0.1, 0.15) is 13.6 Å². The van der Waals surface area contributed by atoms with Crippen molar-refractivity contribution in [2.24, 2.45) is 0 Å². The molecule has 0 atom stereocenters. The lowest BCUT2D eigenvalue weighted by Crippen LogP contribution is -1.25. The van der Waals surface area contributed by atoms with Crippen molar-refractivity contribution in [1.82, 2.24) is 0 Å². The van der Waals surface area contributed by atoms with Gasteiger partial charge in [0.15, 0.2) is 0 Å². The summed E-state index contributed by atoms with van der Waals surface area (Å²) in [6, 6.07) is 0. The van der Waals surface area contributed by atoms with E-state index in [1.54, 1.807) is 0 Å². The van der Waals surface area contributed by atoms with Gasteiger partial charge in [-0.05, 0) is 0 Å². The van der Waals surface area contributed by atoms with Crippen molar-refractivity contribution in [3.8, 4) is 0 Å². The fourth-order valence-electron chi connectivity index (χ4n) is 0. The average molecular weight is 124 g/mol. The number of hydrogen-bond donors (Lipinski definition) is 2. The van der Waals surface area contributed by atoms with E-state index in [4.69, 9.17) is 19.8 Å². The molecule has 0 heterocycles. The Kier molecular flexibility index (Phi) is 1060. The van der Waals surface area contributed by atoms with Crippen LogP contribution in [-0.2, 0) is 9.59 Å². The zero-order valence-corrected chi connectivity index (χ0v) is 5.13. The molecule has 0 unspecified atom stereocenters. The summed E-state index contributed by atoms with van der Waals surface area (Å²) < 4.78 is 0. The van der Waals surface area contributed by atoms with E-state index in [1.165, 1.54) is 0 Å². The van der Waals surface area contributed by atoms with E-state index >= 15 is 0 Å². The number of carbonyl (C=O) groups is 2. The van der Waals surface area contributed by atoms with Gasteiger partial charge >= 0.3 is 0 Å². The maximum Gasteiger partial charge on any atom is 0.106 e. The molecule has 0 radical (unpaired) electrons. The maximum atomic E-state index is 8.00. The molecule has 4 nitrogen and oxygen atoms in total. The minimum Gasteiger partial charge on any atom is -0.400 e. The van der Waals surface area contributed by atoms with Crippen LogP contribution in [0.2, 0.25) is 0 Å².